The molecular weight excluding hydrogens is 380 g/mol. The van der Waals surface area contributed by atoms with Crippen LogP contribution >= 0.6 is 0 Å². The predicted molar refractivity (Wildman–Crippen MR) is 135 cm³/mol. The SMILES string of the molecule is CCCCN(CCCC)Cc1ccc(OCCCCCCCCN2CCCCC2)cc1. The van der Waals surface area contributed by atoms with Gasteiger partial charge in [0.25, 0.3) is 0 Å². The Morgan fingerprint density at radius 1 is 0.742 bits per heavy atom. The topological polar surface area (TPSA) is 15.7 Å². The molecule has 0 radical (unpaired) electrons. The minimum atomic E-state index is 0.853. The fraction of sp³-hybridized carbons (Fsp3) is 0.786. The second-order valence-corrected chi connectivity index (χ2v) is 9.50. The number of hydrogen-bond acceptors (Lipinski definition) is 3. The molecule has 1 saturated heterocycles. The van der Waals surface area contributed by atoms with Crippen molar-refractivity contribution in [3.8, 4) is 5.75 Å². The van der Waals surface area contributed by atoms with E-state index in [4.69, 9.17) is 4.74 Å². The number of ether oxygens (including phenoxy) is 1. The van der Waals surface area contributed by atoms with Crippen LogP contribution in [0.2, 0.25) is 0 Å². The summed E-state index contributed by atoms with van der Waals surface area (Å²) in [6, 6.07) is 8.83. The molecule has 0 aromatic heterocycles. The van der Waals surface area contributed by atoms with Crippen LogP contribution in [0.1, 0.15) is 103 Å². The van der Waals surface area contributed by atoms with Crippen molar-refractivity contribution in [1.29, 1.82) is 0 Å². The van der Waals surface area contributed by atoms with Crippen LogP contribution in [0.15, 0.2) is 24.3 Å². The molecule has 0 aliphatic carbocycles. The first-order valence-corrected chi connectivity index (χ1v) is 13.5. The van der Waals surface area contributed by atoms with E-state index in [0.29, 0.717) is 0 Å². The van der Waals surface area contributed by atoms with Gasteiger partial charge < -0.3 is 9.64 Å². The zero-order valence-corrected chi connectivity index (χ0v) is 20.8. The summed E-state index contributed by atoms with van der Waals surface area (Å²) < 4.78 is 5.98. The van der Waals surface area contributed by atoms with E-state index in [2.05, 4.69) is 47.9 Å². The zero-order valence-electron chi connectivity index (χ0n) is 20.8. The second kappa shape index (κ2) is 17.5. The lowest BCUT2D eigenvalue weighted by atomic mass is 10.1. The summed E-state index contributed by atoms with van der Waals surface area (Å²) in [6.45, 7) is 12.9. The summed E-state index contributed by atoms with van der Waals surface area (Å²) in [5.74, 6) is 1.03. The van der Waals surface area contributed by atoms with Gasteiger partial charge in [-0.25, -0.2) is 0 Å². The van der Waals surface area contributed by atoms with E-state index in [1.807, 2.05) is 0 Å². The van der Waals surface area contributed by atoms with Crippen LogP contribution < -0.4 is 4.74 Å². The van der Waals surface area contributed by atoms with Gasteiger partial charge in [-0.05, 0) is 88.9 Å². The van der Waals surface area contributed by atoms with Crippen LogP contribution in [0.4, 0.5) is 0 Å². The molecule has 1 aromatic rings. The Labute approximate surface area is 193 Å². The first kappa shape index (κ1) is 26.2. The first-order valence-electron chi connectivity index (χ1n) is 13.5. The van der Waals surface area contributed by atoms with Gasteiger partial charge in [0.05, 0.1) is 6.61 Å². The van der Waals surface area contributed by atoms with Gasteiger partial charge in [0.15, 0.2) is 0 Å². The molecule has 178 valence electrons. The Morgan fingerprint density at radius 3 is 2.00 bits per heavy atom. The minimum absolute atomic E-state index is 0.853. The number of piperidine rings is 1. The Kier molecular flexibility index (Phi) is 14.8. The van der Waals surface area contributed by atoms with Crippen LogP contribution in [0.5, 0.6) is 5.75 Å². The molecule has 0 N–H and O–H groups in total. The third kappa shape index (κ3) is 12.5. The molecule has 1 heterocycles. The summed E-state index contributed by atoms with van der Waals surface area (Å²) in [5.41, 5.74) is 1.41. The monoisotopic (exact) mass is 430 g/mol. The van der Waals surface area contributed by atoms with E-state index in [-0.39, 0.29) is 0 Å². The van der Waals surface area contributed by atoms with Crippen molar-refractivity contribution >= 4 is 0 Å². The number of unbranched alkanes of at least 4 members (excludes halogenated alkanes) is 7. The van der Waals surface area contributed by atoms with Gasteiger partial charge in [0.2, 0.25) is 0 Å². The van der Waals surface area contributed by atoms with Gasteiger partial charge in [0, 0.05) is 6.54 Å². The summed E-state index contributed by atoms with van der Waals surface area (Å²) in [7, 11) is 0. The van der Waals surface area contributed by atoms with E-state index in [9.17, 15) is 0 Å². The summed E-state index contributed by atoms with van der Waals surface area (Å²) in [4.78, 5) is 5.27. The van der Waals surface area contributed by atoms with E-state index in [1.165, 1.54) is 122 Å². The highest BCUT2D eigenvalue weighted by molar-refractivity contribution is 5.27. The largest absolute Gasteiger partial charge is 0.494 e. The number of hydrogen-bond donors (Lipinski definition) is 0. The molecule has 2 rings (SSSR count). The molecule has 1 aliphatic rings. The van der Waals surface area contributed by atoms with Gasteiger partial charge in [-0.15, -0.1) is 0 Å². The third-order valence-corrected chi connectivity index (χ3v) is 6.57. The molecule has 3 heteroatoms. The van der Waals surface area contributed by atoms with Gasteiger partial charge >= 0.3 is 0 Å². The highest BCUT2D eigenvalue weighted by Gasteiger charge is 2.09. The van der Waals surface area contributed by atoms with E-state index in [0.717, 1.165) is 18.9 Å². The third-order valence-electron chi connectivity index (χ3n) is 6.57. The van der Waals surface area contributed by atoms with E-state index >= 15 is 0 Å². The lowest BCUT2D eigenvalue weighted by Gasteiger charge is -2.26. The minimum Gasteiger partial charge on any atom is -0.494 e. The molecule has 0 bridgehead atoms. The van der Waals surface area contributed by atoms with Crippen LogP contribution in [-0.4, -0.2) is 49.1 Å². The van der Waals surface area contributed by atoms with Gasteiger partial charge in [0.1, 0.15) is 5.75 Å². The highest BCUT2D eigenvalue weighted by Crippen LogP contribution is 2.16. The van der Waals surface area contributed by atoms with Gasteiger partial charge in [-0.1, -0.05) is 70.9 Å². The van der Waals surface area contributed by atoms with Crippen molar-refractivity contribution in [2.45, 2.75) is 104 Å². The Hall–Kier alpha value is -1.06. The molecule has 0 amide bonds. The molecule has 1 aromatic carbocycles. The number of rotatable bonds is 18. The molecule has 0 atom stereocenters. The Balaban J connectivity index is 1.50. The molecule has 31 heavy (non-hydrogen) atoms. The van der Waals surface area contributed by atoms with Crippen LogP contribution in [0, 0.1) is 0 Å². The second-order valence-electron chi connectivity index (χ2n) is 9.50. The summed E-state index contributed by atoms with van der Waals surface area (Å²) in [6.07, 6.45) is 17.4. The predicted octanol–water partition coefficient (Wildman–Crippen LogP) is 7.29. The molecular formula is C28H50N2O. The molecule has 1 aliphatic heterocycles. The maximum Gasteiger partial charge on any atom is 0.119 e. The molecule has 0 unspecified atom stereocenters. The Morgan fingerprint density at radius 2 is 1.35 bits per heavy atom. The van der Waals surface area contributed by atoms with Crippen LogP contribution in [0.3, 0.4) is 0 Å². The average Bonchev–Trinajstić information content (AvgIpc) is 2.81. The number of benzene rings is 1. The number of nitrogens with zero attached hydrogens (tertiary/aromatic N) is 2. The summed E-state index contributed by atoms with van der Waals surface area (Å²) in [5, 5.41) is 0. The van der Waals surface area contributed by atoms with Crippen molar-refractivity contribution < 1.29 is 4.74 Å². The lowest BCUT2D eigenvalue weighted by Crippen LogP contribution is -2.30. The van der Waals surface area contributed by atoms with Crippen molar-refractivity contribution in [1.82, 2.24) is 9.80 Å². The van der Waals surface area contributed by atoms with Crippen molar-refractivity contribution in [2.24, 2.45) is 0 Å². The van der Waals surface area contributed by atoms with E-state index in [1.54, 1.807) is 0 Å². The zero-order chi connectivity index (χ0) is 22.0. The van der Waals surface area contributed by atoms with Crippen molar-refractivity contribution in [3.05, 3.63) is 29.8 Å². The molecule has 3 nitrogen and oxygen atoms in total. The van der Waals surface area contributed by atoms with Crippen LogP contribution in [0.25, 0.3) is 0 Å². The van der Waals surface area contributed by atoms with Gasteiger partial charge in [-0.3, -0.25) is 4.90 Å². The first-order chi connectivity index (χ1) is 15.3. The van der Waals surface area contributed by atoms with Crippen LogP contribution in [-0.2, 0) is 6.54 Å². The smallest absolute Gasteiger partial charge is 0.119 e. The fourth-order valence-electron chi connectivity index (χ4n) is 4.50. The highest BCUT2D eigenvalue weighted by atomic mass is 16.5. The molecule has 0 spiro atoms. The molecule has 1 fully saturated rings. The quantitative estimate of drug-likeness (QED) is 0.227. The Bertz CT molecular complexity index is 516. The lowest BCUT2D eigenvalue weighted by molar-refractivity contribution is 0.224. The van der Waals surface area contributed by atoms with Crippen molar-refractivity contribution in [2.75, 3.05) is 39.3 Å². The normalized spacial score (nSPS) is 14.9. The fourth-order valence-corrected chi connectivity index (χ4v) is 4.50. The average molecular weight is 431 g/mol. The maximum atomic E-state index is 5.98. The van der Waals surface area contributed by atoms with Crippen molar-refractivity contribution in [3.63, 3.8) is 0 Å². The van der Waals surface area contributed by atoms with E-state index < -0.39 is 0 Å². The van der Waals surface area contributed by atoms with Gasteiger partial charge in [-0.2, -0.15) is 0 Å². The number of likely N-dealkylation sites (tertiary alicyclic amines) is 1. The molecule has 0 saturated carbocycles. The maximum absolute atomic E-state index is 5.98. The summed E-state index contributed by atoms with van der Waals surface area (Å²) >= 11 is 0. The standard InChI is InChI=1S/C28H50N2O/c1-3-5-20-30(21-6-4-2)26-27-16-18-28(19-17-27)31-25-15-10-8-7-9-12-22-29-23-13-11-14-24-29/h16-19H,3-15,20-26H2,1-2H3.